The van der Waals surface area contributed by atoms with Crippen LogP contribution in [0.5, 0.6) is 0 Å². The van der Waals surface area contributed by atoms with Crippen molar-refractivity contribution < 1.29 is 5.11 Å². The van der Waals surface area contributed by atoms with Gasteiger partial charge in [0.2, 0.25) is 0 Å². The molecule has 1 atom stereocenters. The van der Waals surface area contributed by atoms with Gasteiger partial charge in [-0.15, -0.1) is 0 Å². The molecular weight excluding hydrogens is 212 g/mol. The number of aliphatic hydroxyl groups is 1. The van der Waals surface area contributed by atoms with Crippen LogP contribution in [0.25, 0.3) is 0 Å². The molecule has 1 rings (SSSR count). The van der Waals surface area contributed by atoms with Crippen molar-refractivity contribution in [2.24, 2.45) is 5.41 Å². The molecule has 0 bridgehead atoms. The van der Waals surface area contributed by atoms with Gasteiger partial charge >= 0.3 is 0 Å². The number of aromatic nitrogens is 2. The van der Waals surface area contributed by atoms with Crippen LogP contribution in [0.2, 0.25) is 0 Å². The van der Waals surface area contributed by atoms with Crippen molar-refractivity contribution in [1.29, 1.82) is 0 Å². The number of nitrogens with zero attached hydrogens (tertiary/aromatic N) is 2. The smallest absolute Gasteiger partial charge is 0.0820 e. The van der Waals surface area contributed by atoms with Crippen molar-refractivity contribution in [2.45, 2.75) is 66.0 Å². The van der Waals surface area contributed by atoms with Gasteiger partial charge in [-0.2, -0.15) is 5.10 Å². The molecule has 1 N–H and O–H groups in total. The third kappa shape index (κ3) is 5.35. The average Bonchev–Trinajstić information content (AvgIpc) is 2.65. The summed E-state index contributed by atoms with van der Waals surface area (Å²) >= 11 is 0. The second-order valence-corrected chi connectivity index (χ2v) is 6.01. The maximum absolute atomic E-state index is 10.0. The summed E-state index contributed by atoms with van der Waals surface area (Å²) < 4.78 is 1.91. The van der Waals surface area contributed by atoms with E-state index in [0.717, 1.165) is 37.8 Å². The standard InChI is InChI=1S/C14H26N2O/c1-5-9-16-11-12(10-15-16)13(17)7-6-8-14(2,3)4/h10-11,13,17H,5-9H2,1-4H3. The van der Waals surface area contributed by atoms with E-state index in [1.807, 2.05) is 10.9 Å². The van der Waals surface area contributed by atoms with Gasteiger partial charge in [0, 0.05) is 18.3 Å². The summed E-state index contributed by atoms with van der Waals surface area (Å²) in [6.45, 7) is 9.76. The Bertz CT molecular complexity index is 325. The van der Waals surface area contributed by atoms with Crippen LogP contribution in [-0.4, -0.2) is 14.9 Å². The summed E-state index contributed by atoms with van der Waals surface area (Å²) in [4.78, 5) is 0. The molecule has 0 amide bonds. The lowest BCUT2D eigenvalue weighted by Gasteiger charge is -2.18. The first kappa shape index (κ1) is 14.2. The summed E-state index contributed by atoms with van der Waals surface area (Å²) in [5.41, 5.74) is 1.30. The van der Waals surface area contributed by atoms with E-state index in [1.54, 1.807) is 6.20 Å². The highest BCUT2D eigenvalue weighted by Crippen LogP contribution is 2.25. The van der Waals surface area contributed by atoms with Crippen molar-refractivity contribution in [2.75, 3.05) is 0 Å². The van der Waals surface area contributed by atoms with Crippen molar-refractivity contribution >= 4 is 0 Å². The lowest BCUT2D eigenvalue weighted by molar-refractivity contribution is 0.158. The van der Waals surface area contributed by atoms with Gasteiger partial charge in [0.25, 0.3) is 0 Å². The molecular formula is C14H26N2O. The van der Waals surface area contributed by atoms with Gasteiger partial charge in [-0.05, 0) is 24.7 Å². The van der Waals surface area contributed by atoms with Crippen LogP contribution in [0.3, 0.4) is 0 Å². The zero-order valence-corrected chi connectivity index (χ0v) is 11.6. The third-order valence-corrected chi connectivity index (χ3v) is 2.90. The second-order valence-electron chi connectivity index (χ2n) is 6.01. The van der Waals surface area contributed by atoms with Crippen LogP contribution in [0, 0.1) is 5.41 Å². The number of rotatable bonds is 6. The fraction of sp³-hybridized carbons (Fsp3) is 0.786. The second kappa shape index (κ2) is 6.20. The Morgan fingerprint density at radius 2 is 2.12 bits per heavy atom. The van der Waals surface area contributed by atoms with E-state index >= 15 is 0 Å². The molecule has 1 heterocycles. The predicted molar refractivity (Wildman–Crippen MR) is 70.8 cm³/mol. The lowest BCUT2D eigenvalue weighted by Crippen LogP contribution is -2.06. The van der Waals surface area contributed by atoms with Gasteiger partial charge in [0.1, 0.15) is 0 Å². The number of hydrogen-bond acceptors (Lipinski definition) is 2. The molecule has 0 spiro atoms. The molecule has 0 saturated carbocycles. The molecule has 0 aromatic carbocycles. The van der Waals surface area contributed by atoms with Gasteiger partial charge in [0.05, 0.1) is 12.3 Å². The van der Waals surface area contributed by atoms with Gasteiger partial charge in [-0.3, -0.25) is 4.68 Å². The SMILES string of the molecule is CCCn1cc(C(O)CCCC(C)(C)C)cn1. The Morgan fingerprint density at radius 3 is 2.71 bits per heavy atom. The number of hydrogen-bond donors (Lipinski definition) is 1. The highest BCUT2D eigenvalue weighted by Gasteiger charge is 2.13. The molecule has 1 unspecified atom stereocenters. The van der Waals surface area contributed by atoms with Gasteiger partial charge in [-0.1, -0.05) is 34.1 Å². The van der Waals surface area contributed by atoms with E-state index < -0.39 is 0 Å². The molecule has 17 heavy (non-hydrogen) atoms. The molecule has 1 aromatic rings. The molecule has 0 aliphatic rings. The average molecular weight is 238 g/mol. The first-order valence-corrected chi connectivity index (χ1v) is 6.63. The first-order chi connectivity index (χ1) is 7.92. The largest absolute Gasteiger partial charge is 0.388 e. The maximum atomic E-state index is 10.0. The minimum atomic E-state index is -0.358. The Kier molecular flexibility index (Phi) is 5.19. The van der Waals surface area contributed by atoms with Crippen LogP contribution in [-0.2, 0) is 6.54 Å². The molecule has 1 aromatic heterocycles. The van der Waals surface area contributed by atoms with E-state index in [1.165, 1.54) is 0 Å². The fourth-order valence-corrected chi connectivity index (χ4v) is 1.90. The highest BCUT2D eigenvalue weighted by molar-refractivity contribution is 5.07. The monoisotopic (exact) mass is 238 g/mol. The van der Waals surface area contributed by atoms with Crippen molar-refractivity contribution in [3.63, 3.8) is 0 Å². The van der Waals surface area contributed by atoms with Crippen molar-refractivity contribution in [1.82, 2.24) is 9.78 Å². The van der Waals surface area contributed by atoms with Crippen LogP contribution >= 0.6 is 0 Å². The molecule has 3 heteroatoms. The zero-order chi connectivity index (χ0) is 12.9. The van der Waals surface area contributed by atoms with E-state index in [9.17, 15) is 5.11 Å². The molecule has 0 aliphatic carbocycles. The summed E-state index contributed by atoms with van der Waals surface area (Å²) in [6.07, 6.45) is 7.50. The fourth-order valence-electron chi connectivity index (χ4n) is 1.90. The number of aryl methyl sites for hydroxylation is 1. The van der Waals surface area contributed by atoms with Gasteiger partial charge in [0.15, 0.2) is 0 Å². The zero-order valence-electron chi connectivity index (χ0n) is 11.6. The topological polar surface area (TPSA) is 38.0 Å². The molecule has 0 aliphatic heterocycles. The molecule has 0 radical (unpaired) electrons. The van der Waals surface area contributed by atoms with Crippen LogP contribution in [0.4, 0.5) is 0 Å². The number of aliphatic hydroxyl groups excluding tert-OH is 1. The van der Waals surface area contributed by atoms with E-state index in [-0.39, 0.29) is 6.10 Å². The Balaban J connectivity index is 2.38. The summed E-state index contributed by atoms with van der Waals surface area (Å²) in [5, 5.41) is 14.3. The van der Waals surface area contributed by atoms with Gasteiger partial charge in [-0.25, -0.2) is 0 Å². The lowest BCUT2D eigenvalue weighted by atomic mass is 9.89. The van der Waals surface area contributed by atoms with Crippen molar-refractivity contribution in [3.05, 3.63) is 18.0 Å². The molecule has 98 valence electrons. The van der Waals surface area contributed by atoms with Crippen LogP contribution in [0.15, 0.2) is 12.4 Å². The summed E-state index contributed by atoms with van der Waals surface area (Å²) in [7, 11) is 0. The Hall–Kier alpha value is -0.830. The maximum Gasteiger partial charge on any atom is 0.0820 e. The predicted octanol–water partition coefficient (Wildman–Crippen LogP) is 3.54. The highest BCUT2D eigenvalue weighted by atomic mass is 16.3. The van der Waals surface area contributed by atoms with E-state index in [0.29, 0.717) is 5.41 Å². The van der Waals surface area contributed by atoms with Gasteiger partial charge < -0.3 is 5.11 Å². The van der Waals surface area contributed by atoms with E-state index in [4.69, 9.17) is 0 Å². The quantitative estimate of drug-likeness (QED) is 0.823. The summed E-state index contributed by atoms with van der Waals surface area (Å²) in [5.74, 6) is 0. The van der Waals surface area contributed by atoms with E-state index in [2.05, 4.69) is 32.8 Å². The van der Waals surface area contributed by atoms with Crippen LogP contribution in [0.1, 0.15) is 65.0 Å². The normalized spacial score (nSPS) is 13.9. The molecule has 0 saturated heterocycles. The first-order valence-electron chi connectivity index (χ1n) is 6.63. The molecule has 0 fully saturated rings. The Labute approximate surface area is 105 Å². The summed E-state index contributed by atoms with van der Waals surface area (Å²) in [6, 6.07) is 0. The van der Waals surface area contributed by atoms with Crippen LogP contribution < -0.4 is 0 Å². The Morgan fingerprint density at radius 1 is 1.41 bits per heavy atom. The minimum Gasteiger partial charge on any atom is -0.388 e. The minimum absolute atomic E-state index is 0.353. The third-order valence-electron chi connectivity index (χ3n) is 2.90. The van der Waals surface area contributed by atoms with Crippen molar-refractivity contribution in [3.8, 4) is 0 Å². The molecule has 3 nitrogen and oxygen atoms in total.